The molecule has 9 aromatic rings. The molecule has 0 aliphatic heterocycles. The number of methoxy groups -OCH3 is 1. The van der Waals surface area contributed by atoms with Gasteiger partial charge in [-0.25, -0.2) is 19.7 Å². The van der Waals surface area contributed by atoms with Crippen molar-refractivity contribution in [1.29, 1.82) is 0 Å². The van der Waals surface area contributed by atoms with E-state index in [1.54, 1.807) is 80.6 Å². The Hall–Kier alpha value is -7.84. The summed E-state index contributed by atoms with van der Waals surface area (Å²) in [5, 5.41) is 39.5. The van der Waals surface area contributed by atoms with E-state index in [1.807, 2.05) is 71.0 Å². The first-order valence-corrected chi connectivity index (χ1v) is 27.7. The van der Waals surface area contributed by atoms with Gasteiger partial charge in [0.2, 0.25) is 23.8 Å². The maximum atomic E-state index is 11.7. The van der Waals surface area contributed by atoms with Crippen molar-refractivity contribution in [3.63, 3.8) is 0 Å². The molecule has 0 aliphatic rings. The maximum Gasteiger partial charge on any atom is 0.349 e. The minimum atomic E-state index is -1.15. The third-order valence-electron chi connectivity index (χ3n) is 11.5. The highest BCUT2D eigenvalue weighted by molar-refractivity contribution is 9.09. The number of rotatable bonds is 11. The van der Waals surface area contributed by atoms with E-state index in [9.17, 15) is 34.5 Å². The fraction of sp³-hybridized carbons (Fsp3) is 0.246. The van der Waals surface area contributed by atoms with Crippen LogP contribution < -0.4 is 10.5 Å². The molecule has 0 saturated heterocycles. The molecule has 0 aliphatic carbocycles. The minimum absolute atomic E-state index is 0. The molecule has 6 aromatic carbocycles. The second kappa shape index (κ2) is 38.4. The van der Waals surface area contributed by atoms with Gasteiger partial charge in [0.25, 0.3) is 5.91 Å². The van der Waals surface area contributed by atoms with Crippen LogP contribution in [0.15, 0.2) is 147 Å². The quantitative estimate of drug-likeness (QED) is 0.0595. The van der Waals surface area contributed by atoms with E-state index in [0.717, 1.165) is 34.2 Å². The number of aliphatic carboxylic acids is 1. The number of carboxylic acids is 1. The highest BCUT2D eigenvalue weighted by atomic mass is 79.9. The third kappa shape index (κ3) is 24.4. The number of aryl methyl sites for hydroxylation is 6. The largest absolute Gasteiger partial charge is 0.507 e. The molecular formula is C65H74BrCl5N4O13. The van der Waals surface area contributed by atoms with Crippen LogP contribution in [0.25, 0.3) is 34.4 Å². The number of amides is 1. The summed E-state index contributed by atoms with van der Waals surface area (Å²) in [5.41, 5.74) is 10.3. The summed E-state index contributed by atoms with van der Waals surface area (Å²) in [6.07, 6.45) is -1.15. The molecule has 9 rings (SSSR count). The second-order valence-corrected chi connectivity index (χ2v) is 21.1. The Morgan fingerprint density at radius 2 is 0.886 bits per heavy atom. The van der Waals surface area contributed by atoms with Crippen LogP contribution in [0.3, 0.4) is 0 Å². The lowest BCUT2D eigenvalue weighted by Gasteiger charge is -2.17. The number of hydrogen-bond donors (Lipinski definition) is 5. The van der Waals surface area contributed by atoms with Gasteiger partial charge in [-0.15, -0.1) is 11.6 Å². The summed E-state index contributed by atoms with van der Waals surface area (Å²) in [7, 11) is 1.37. The lowest BCUT2D eigenvalue weighted by Crippen LogP contribution is -2.18. The Labute approximate surface area is 547 Å². The number of oxazole rings is 3. The number of halogens is 6. The first-order chi connectivity index (χ1) is 39.6. The topological polar surface area (TPSA) is 272 Å². The van der Waals surface area contributed by atoms with E-state index < -0.39 is 18.0 Å². The number of alkyl halides is 2. The average Bonchev–Trinajstić information content (AvgIpc) is 2.80. The number of nitrogens with zero attached hydrogens (tertiary/aromatic N) is 3. The summed E-state index contributed by atoms with van der Waals surface area (Å²) < 4.78 is 26.8. The number of nitrogens with two attached hydrogens (primary N) is 1. The number of hydrogen-bond acceptors (Lipinski definition) is 15. The normalized spacial score (nSPS) is 10.8. The van der Waals surface area contributed by atoms with Crippen molar-refractivity contribution >= 4 is 97.6 Å². The number of phenols is 3. The molecule has 6 N–H and O–H groups in total. The summed E-state index contributed by atoms with van der Waals surface area (Å²) in [4.78, 5) is 55.7. The number of aromatic nitrogens is 3. The van der Waals surface area contributed by atoms with Crippen LogP contribution in [-0.4, -0.2) is 71.5 Å². The van der Waals surface area contributed by atoms with Gasteiger partial charge in [0.15, 0.2) is 0 Å². The molecule has 3 heterocycles. The van der Waals surface area contributed by atoms with Crippen molar-refractivity contribution in [3.05, 3.63) is 205 Å². The van der Waals surface area contributed by atoms with E-state index in [0.29, 0.717) is 71.5 Å². The molecule has 0 radical (unpaired) electrons. The van der Waals surface area contributed by atoms with E-state index in [1.165, 1.54) is 44.4 Å². The van der Waals surface area contributed by atoms with Gasteiger partial charge in [0.05, 0.1) is 51.8 Å². The van der Waals surface area contributed by atoms with Gasteiger partial charge in [-0.3, -0.25) is 14.4 Å². The van der Waals surface area contributed by atoms with Gasteiger partial charge in [0, 0.05) is 25.7 Å². The van der Waals surface area contributed by atoms with Gasteiger partial charge in [-0.1, -0.05) is 153 Å². The Bertz CT molecular complexity index is 3520. The number of carbonyl (C=O) groups excluding carboxylic acids is 3. The molecule has 474 valence electrons. The van der Waals surface area contributed by atoms with Gasteiger partial charge >= 0.3 is 11.9 Å². The highest BCUT2D eigenvalue weighted by Crippen LogP contribution is 2.37. The van der Waals surface area contributed by atoms with Gasteiger partial charge < -0.3 is 48.9 Å². The molecule has 1 amide bonds. The zero-order valence-corrected chi connectivity index (χ0v) is 51.9. The Morgan fingerprint density at radius 3 is 1.22 bits per heavy atom. The zero-order valence-electron chi connectivity index (χ0n) is 46.6. The second-order valence-electron chi connectivity index (χ2n) is 17.7. The van der Waals surface area contributed by atoms with Crippen molar-refractivity contribution in [1.82, 2.24) is 15.0 Å². The Balaban J connectivity index is 0.00000107. The number of ether oxygens (including phenoxy) is 2. The van der Waals surface area contributed by atoms with Crippen molar-refractivity contribution in [2.45, 2.75) is 101 Å². The van der Waals surface area contributed by atoms with Gasteiger partial charge in [-0.05, 0) is 134 Å². The number of esters is 1. The fourth-order valence-electron chi connectivity index (χ4n) is 6.48. The Kier molecular flexibility index (Phi) is 35.0. The van der Waals surface area contributed by atoms with E-state index >= 15 is 0 Å². The lowest BCUT2D eigenvalue weighted by atomic mass is 10.1. The highest BCUT2D eigenvalue weighted by Gasteiger charge is 2.25. The monoisotopic (exact) mass is 1370 g/mol. The first-order valence-electron chi connectivity index (χ1n) is 24.9. The molecule has 17 nitrogen and oxygen atoms in total. The van der Waals surface area contributed by atoms with Crippen LogP contribution in [0.4, 0.5) is 0 Å². The van der Waals surface area contributed by atoms with Crippen molar-refractivity contribution in [2.75, 3.05) is 7.11 Å². The maximum absolute atomic E-state index is 11.7. The third-order valence-corrected chi connectivity index (χ3v) is 13.6. The van der Waals surface area contributed by atoms with E-state index in [4.69, 9.17) is 86.8 Å². The number of carbonyl (C=O) groups is 4. The average molecular weight is 1380 g/mol. The van der Waals surface area contributed by atoms with Crippen LogP contribution in [-0.2, 0) is 19.1 Å². The summed E-state index contributed by atoms with van der Waals surface area (Å²) in [5.74, 6) is 1.66. The standard InChI is InChI=1S/C19H16ClNO4.2C11H10ClNO2.C9H9BrO2.C7H6ClNO2.C4H7ClO.4CH4/c1-11-12(2)24-18(21-11)15-10-14(20)8-9-16(15)25-17(19(22)23)13-6-4-3-5-7-13;2*1-6-7(2)15-11(13-6)9-5-8(12)3-4-10(9)14;1-12-9(11)8(10)7-5-3-2-4-6-7;8-4-1-2-6(10)5(3-4)7(9)11;1-3(5)4(2)6;;;;/h3-10,17H,1-2H3,(H,22,23);2*3-5,14H,1-2H3;2-6,8H,1H3;1-3,10H,(H2,9,11);3H,1-2H3;4*1H4. The SMILES string of the molecule is C.C.C.C.CC(=O)C(C)Cl.COC(=O)C(Br)c1ccccc1.Cc1nc(-c2cc(Cl)ccc2O)oc1C.Cc1nc(-c2cc(Cl)ccc2O)oc1C.Cc1nc(-c2cc(Cl)ccc2OC(C(=O)O)c2ccccc2)oc1C.NC(=O)c1cc(Cl)ccc1O. The molecule has 0 bridgehead atoms. The molecule has 3 unspecified atom stereocenters. The molecule has 3 atom stereocenters. The Morgan fingerprint density at radius 1 is 0.545 bits per heavy atom. The molecular weight excluding hydrogens is 1300 g/mol. The number of ketones is 1. The number of primary amides is 1. The van der Waals surface area contributed by atoms with Crippen LogP contribution in [0.2, 0.25) is 20.1 Å². The molecule has 0 fully saturated rings. The van der Waals surface area contributed by atoms with Crippen LogP contribution in [0, 0.1) is 41.5 Å². The van der Waals surface area contributed by atoms with E-state index in [2.05, 4.69) is 35.6 Å². The minimum Gasteiger partial charge on any atom is -0.507 e. The predicted molar refractivity (Wildman–Crippen MR) is 355 cm³/mol. The summed E-state index contributed by atoms with van der Waals surface area (Å²) in [6.45, 7) is 14.1. The van der Waals surface area contributed by atoms with Gasteiger partial charge in [0.1, 0.15) is 50.9 Å². The fourth-order valence-corrected chi connectivity index (χ4v) is 7.66. The van der Waals surface area contributed by atoms with Crippen LogP contribution >= 0.6 is 73.9 Å². The zero-order chi connectivity index (χ0) is 62.5. The predicted octanol–water partition coefficient (Wildman–Crippen LogP) is 18.6. The van der Waals surface area contributed by atoms with Crippen molar-refractivity contribution < 1.29 is 62.3 Å². The van der Waals surface area contributed by atoms with E-state index in [-0.39, 0.29) is 74.5 Å². The molecule has 88 heavy (non-hydrogen) atoms. The number of aromatic hydroxyl groups is 3. The number of benzene rings is 6. The number of Topliss-reactive ketones (excluding diaryl/α,β-unsaturated/α-hetero) is 1. The summed E-state index contributed by atoms with van der Waals surface area (Å²) in [6, 6.07) is 36.7. The summed E-state index contributed by atoms with van der Waals surface area (Å²) >= 11 is 31.8. The molecule has 23 heteroatoms. The first kappa shape index (κ1) is 80.2. The van der Waals surface area contributed by atoms with Crippen LogP contribution in [0.1, 0.15) is 110 Å². The number of phenolic OH excluding ortho intramolecular Hbond substituents is 2. The van der Waals surface area contributed by atoms with Gasteiger partial charge in [-0.2, -0.15) is 0 Å². The molecule has 0 spiro atoms. The number of carboxylic acid groups (broad SMARTS) is 1. The molecule has 0 saturated carbocycles. The lowest BCUT2D eigenvalue weighted by molar-refractivity contribution is -0.145. The van der Waals surface area contributed by atoms with Crippen molar-refractivity contribution in [3.8, 4) is 57.4 Å². The van der Waals surface area contributed by atoms with Crippen molar-refractivity contribution in [2.24, 2.45) is 5.73 Å². The smallest absolute Gasteiger partial charge is 0.349 e. The van der Waals surface area contributed by atoms with Crippen LogP contribution in [0.5, 0.6) is 23.0 Å². The molecule has 3 aromatic heterocycles.